The summed E-state index contributed by atoms with van der Waals surface area (Å²) in [6.07, 6.45) is 4.63. The Kier molecular flexibility index (Phi) is 6.71. The van der Waals surface area contributed by atoms with Crippen LogP contribution in [0.3, 0.4) is 0 Å². The number of likely N-dealkylation sites (tertiary alicyclic amines) is 1. The fraction of sp³-hybridized carbons (Fsp3) is 0.611. The van der Waals surface area contributed by atoms with Crippen LogP contribution in [0.5, 0.6) is 11.5 Å². The Hall–Kier alpha value is -1.75. The summed E-state index contributed by atoms with van der Waals surface area (Å²) < 4.78 is 11.6. The molecule has 1 fully saturated rings. The Morgan fingerprint density at radius 2 is 2.00 bits per heavy atom. The lowest BCUT2D eigenvalue weighted by atomic mass is 10.1. The van der Waals surface area contributed by atoms with Gasteiger partial charge in [-0.3, -0.25) is 0 Å². The van der Waals surface area contributed by atoms with Gasteiger partial charge in [0.2, 0.25) is 0 Å². The van der Waals surface area contributed by atoms with Crippen LogP contribution in [-0.2, 0) is 0 Å². The van der Waals surface area contributed by atoms with E-state index in [0.717, 1.165) is 25.9 Å². The number of piperidine rings is 1. The molecule has 0 spiro atoms. The first-order valence-electron chi connectivity index (χ1n) is 8.53. The van der Waals surface area contributed by atoms with Gasteiger partial charge in [-0.15, -0.1) is 0 Å². The van der Waals surface area contributed by atoms with E-state index in [-0.39, 0.29) is 11.7 Å². The van der Waals surface area contributed by atoms with E-state index in [4.69, 9.17) is 14.6 Å². The molecule has 2 rings (SSSR count). The summed E-state index contributed by atoms with van der Waals surface area (Å²) in [5.74, 6) is 0.200. The SMILES string of the molecule is CCCCN1CCC(Oc2ccc(C(=O)O)cc2OCC)CC1. The van der Waals surface area contributed by atoms with E-state index < -0.39 is 5.97 Å². The molecule has 5 heteroatoms. The number of rotatable bonds is 8. The van der Waals surface area contributed by atoms with Crippen molar-refractivity contribution in [1.82, 2.24) is 4.90 Å². The molecule has 1 aromatic rings. The Morgan fingerprint density at radius 1 is 1.26 bits per heavy atom. The van der Waals surface area contributed by atoms with E-state index in [2.05, 4.69) is 11.8 Å². The molecule has 0 aliphatic carbocycles. The van der Waals surface area contributed by atoms with Crippen LogP contribution < -0.4 is 9.47 Å². The highest BCUT2D eigenvalue weighted by molar-refractivity contribution is 5.88. The molecule has 1 aliphatic rings. The van der Waals surface area contributed by atoms with Crippen molar-refractivity contribution >= 4 is 5.97 Å². The van der Waals surface area contributed by atoms with E-state index >= 15 is 0 Å². The predicted octanol–water partition coefficient (Wildman–Crippen LogP) is 3.43. The predicted molar refractivity (Wildman–Crippen MR) is 89.6 cm³/mol. The zero-order valence-electron chi connectivity index (χ0n) is 14.1. The number of hydrogen-bond donors (Lipinski definition) is 1. The second kappa shape index (κ2) is 8.77. The number of carboxylic acids is 1. The van der Waals surface area contributed by atoms with Gasteiger partial charge in [-0.2, -0.15) is 0 Å². The fourth-order valence-electron chi connectivity index (χ4n) is 2.82. The largest absolute Gasteiger partial charge is 0.490 e. The number of benzene rings is 1. The Balaban J connectivity index is 1.96. The molecule has 1 aliphatic heterocycles. The van der Waals surface area contributed by atoms with Crippen molar-refractivity contribution in [1.29, 1.82) is 0 Å². The van der Waals surface area contributed by atoms with Crippen LogP contribution in [0.25, 0.3) is 0 Å². The molecule has 1 aromatic carbocycles. The number of unbranched alkanes of at least 4 members (excludes halogenated alkanes) is 1. The third-order valence-corrected chi connectivity index (χ3v) is 4.15. The second-order valence-corrected chi connectivity index (χ2v) is 5.91. The van der Waals surface area contributed by atoms with Gasteiger partial charge in [0.25, 0.3) is 0 Å². The summed E-state index contributed by atoms with van der Waals surface area (Å²) in [7, 11) is 0. The molecule has 128 valence electrons. The maximum atomic E-state index is 11.1. The number of hydrogen-bond acceptors (Lipinski definition) is 4. The fourth-order valence-corrected chi connectivity index (χ4v) is 2.82. The molecule has 0 bridgehead atoms. The summed E-state index contributed by atoms with van der Waals surface area (Å²) in [6, 6.07) is 4.81. The molecule has 23 heavy (non-hydrogen) atoms. The van der Waals surface area contributed by atoms with E-state index in [1.54, 1.807) is 12.1 Å². The standard InChI is InChI=1S/C18H27NO4/c1-3-5-10-19-11-8-15(9-12-19)23-16-7-6-14(18(20)21)13-17(16)22-4-2/h6-7,13,15H,3-5,8-12H2,1-2H3,(H,20,21). The summed E-state index contributed by atoms with van der Waals surface area (Å²) in [5.41, 5.74) is 0.218. The minimum absolute atomic E-state index is 0.169. The third-order valence-electron chi connectivity index (χ3n) is 4.15. The van der Waals surface area contributed by atoms with Crippen LogP contribution >= 0.6 is 0 Å². The van der Waals surface area contributed by atoms with Crippen molar-refractivity contribution in [3.8, 4) is 11.5 Å². The zero-order chi connectivity index (χ0) is 16.7. The molecule has 1 N–H and O–H groups in total. The second-order valence-electron chi connectivity index (χ2n) is 5.91. The number of aromatic carboxylic acids is 1. The summed E-state index contributed by atoms with van der Waals surface area (Å²) in [6.45, 7) is 7.86. The van der Waals surface area contributed by atoms with Gasteiger partial charge in [0.05, 0.1) is 12.2 Å². The van der Waals surface area contributed by atoms with Crippen molar-refractivity contribution in [2.75, 3.05) is 26.2 Å². The average Bonchev–Trinajstić information content (AvgIpc) is 2.56. The van der Waals surface area contributed by atoms with Crippen LogP contribution in [0, 0.1) is 0 Å². The van der Waals surface area contributed by atoms with Gasteiger partial charge in [0, 0.05) is 13.1 Å². The van der Waals surface area contributed by atoms with Crippen LogP contribution in [0.2, 0.25) is 0 Å². The first-order valence-corrected chi connectivity index (χ1v) is 8.53. The molecular weight excluding hydrogens is 294 g/mol. The first kappa shape index (κ1) is 17.6. The number of ether oxygens (including phenoxy) is 2. The van der Waals surface area contributed by atoms with Gasteiger partial charge >= 0.3 is 5.97 Å². The monoisotopic (exact) mass is 321 g/mol. The van der Waals surface area contributed by atoms with Gasteiger partial charge in [-0.25, -0.2) is 4.79 Å². The lowest BCUT2D eigenvalue weighted by Gasteiger charge is -2.32. The van der Waals surface area contributed by atoms with Crippen molar-refractivity contribution < 1.29 is 19.4 Å². The third kappa shape index (κ3) is 5.13. The molecule has 0 radical (unpaired) electrons. The number of carbonyl (C=O) groups is 1. The highest BCUT2D eigenvalue weighted by Crippen LogP contribution is 2.31. The molecule has 0 atom stereocenters. The molecule has 0 aromatic heterocycles. The quantitative estimate of drug-likeness (QED) is 0.795. The van der Waals surface area contributed by atoms with Crippen molar-refractivity contribution in [2.45, 2.75) is 45.6 Å². The van der Waals surface area contributed by atoms with Crippen LogP contribution in [0.4, 0.5) is 0 Å². The summed E-state index contributed by atoms with van der Waals surface area (Å²) in [4.78, 5) is 13.6. The average molecular weight is 321 g/mol. The molecule has 0 saturated carbocycles. The Bertz CT molecular complexity index is 510. The minimum atomic E-state index is -0.957. The van der Waals surface area contributed by atoms with E-state index in [1.807, 2.05) is 6.92 Å². The van der Waals surface area contributed by atoms with Gasteiger partial charge in [-0.05, 0) is 50.9 Å². The van der Waals surface area contributed by atoms with E-state index in [9.17, 15) is 4.79 Å². The van der Waals surface area contributed by atoms with Crippen molar-refractivity contribution in [3.63, 3.8) is 0 Å². The number of nitrogens with zero attached hydrogens (tertiary/aromatic N) is 1. The molecule has 1 heterocycles. The lowest BCUT2D eigenvalue weighted by molar-refractivity contribution is 0.0696. The summed E-state index contributed by atoms with van der Waals surface area (Å²) >= 11 is 0. The molecule has 0 amide bonds. The van der Waals surface area contributed by atoms with Gasteiger partial charge in [-0.1, -0.05) is 13.3 Å². The molecule has 5 nitrogen and oxygen atoms in total. The zero-order valence-corrected chi connectivity index (χ0v) is 14.1. The van der Waals surface area contributed by atoms with E-state index in [1.165, 1.54) is 25.5 Å². The minimum Gasteiger partial charge on any atom is -0.490 e. The molecule has 0 unspecified atom stereocenters. The van der Waals surface area contributed by atoms with Gasteiger partial charge < -0.3 is 19.5 Å². The summed E-state index contributed by atoms with van der Waals surface area (Å²) in [5, 5.41) is 9.09. The maximum absolute atomic E-state index is 11.1. The van der Waals surface area contributed by atoms with Crippen molar-refractivity contribution in [2.24, 2.45) is 0 Å². The molecular formula is C18H27NO4. The van der Waals surface area contributed by atoms with Crippen LogP contribution in [-0.4, -0.2) is 48.3 Å². The van der Waals surface area contributed by atoms with E-state index in [0.29, 0.717) is 18.1 Å². The lowest BCUT2D eigenvalue weighted by Crippen LogP contribution is -2.38. The van der Waals surface area contributed by atoms with Gasteiger partial charge in [0.1, 0.15) is 6.10 Å². The Morgan fingerprint density at radius 3 is 2.61 bits per heavy atom. The maximum Gasteiger partial charge on any atom is 0.335 e. The molecule has 1 saturated heterocycles. The van der Waals surface area contributed by atoms with Gasteiger partial charge in [0.15, 0.2) is 11.5 Å². The number of carboxylic acid groups (broad SMARTS) is 1. The highest BCUT2D eigenvalue weighted by Gasteiger charge is 2.21. The first-order chi connectivity index (χ1) is 11.1. The Labute approximate surface area is 138 Å². The smallest absolute Gasteiger partial charge is 0.335 e. The van der Waals surface area contributed by atoms with Crippen LogP contribution in [0.15, 0.2) is 18.2 Å². The van der Waals surface area contributed by atoms with Crippen LogP contribution in [0.1, 0.15) is 49.9 Å². The normalized spacial score (nSPS) is 16.3. The highest BCUT2D eigenvalue weighted by atomic mass is 16.5. The topological polar surface area (TPSA) is 59.0 Å². The van der Waals surface area contributed by atoms with Crippen molar-refractivity contribution in [3.05, 3.63) is 23.8 Å².